The third-order valence-corrected chi connectivity index (χ3v) is 12.7. The van der Waals surface area contributed by atoms with Crippen molar-refractivity contribution in [1.82, 2.24) is 14.6 Å². The number of halogens is 1. The molecule has 0 saturated heterocycles. The molecule has 1 N–H and O–H groups in total. The normalized spacial score (nSPS) is 12.0. The first kappa shape index (κ1) is 31.1. The summed E-state index contributed by atoms with van der Waals surface area (Å²) in [6.45, 7) is 11.7. The smallest absolute Gasteiger partial charge is 0.247 e. The molecule has 0 fully saturated rings. The van der Waals surface area contributed by atoms with Crippen LogP contribution in [0.5, 0.6) is 5.75 Å². The van der Waals surface area contributed by atoms with E-state index in [1.807, 2.05) is 60.8 Å². The number of benzene rings is 3. The van der Waals surface area contributed by atoms with Crippen molar-refractivity contribution in [1.29, 1.82) is 0 Å². The van der Waals surface area contributed by atoms with E-state index in [0.717, 1.165) is 33.5 Å². The fraction of sp³-hybridized carbons (Fsp3) is 0.286. The maximum Gasteiger partial charge on any atom is 0.247 e. The highest BCUT2D eigenvalue weighted by atomic mass is 28.4. The van der Waals surface area contributed by atoms with Crippen molar-refractivity contribution >= 4 is 31.4 Å². The Labute approximate surface area is 259 Å². The van der Waals surface area contributed by atoms with Gasteiger partial charge in [-0.3, -0.25) is 4.79 Å². The number of aromatic nitrogens is 3. The topological polar surface area (TPSA) is 77.8 Å². The lowest BCUT2D eigenvalue weighted by Crippen LogP contribution is -2.40. The van der Waals surface area contributed by atoms with E-state index >= 15 is 0 Å². The SMILES string of the molecule is COc1cc(CO[Si](C)(C)C(C)(C)C)ccc1Nc1nc2ccc(-c3ccc(CC(=O)Cc4ccc(F)cc4)cc3)cn2n1. The molecule has 9 heteroatoms. The number of ether oxygens (including phenoxy) is 1. The number of hydrogen-bond donors (Lipinski definition) is 1. The highest BCUT2D eigenvalue weighted by Crippen LogP contribution is 2.37. The minimum atomic E-state index is -1.87. The van der Waals surface area contributed by atoms with Crippen LogP contribution in [-0.4, -0.2) is 35.8 Å². The van der Waals surface area contributed by atoms with Crippen LogP contribution in [0.15, 0.2) is 85.1 Å². The first-order valence-corrected chi connectivity index (χ1v) is 17.6. The summed E-state index contributed by atoms with van der Waals surface area (Å²) < 4.78 is 26.9. The highest BCUT2D eigenvalue weighted by Gasteiger charge is 2.37. The van der Waals surface area contributed by atoms with Crippen LogP contribution >= 0.6 is 0 Å². The van der Waals surface area contributed by atoms with Crippen LogP contribution in [0.3, 0.4) is 0 Å². The fourth-order valence-corrected chi connectivity index (χ4v) is 5.53. The molecule has 5 aromatic rings. The number of carbonyl (C=O) groups is 1. The number of methoxy groups -OCH3 is 1. The lowest BCUT2D eigenvalue weighted by atomic mass is 10.0. The van der Waals surface area contributed by atoms with Gasteiger partial charge >= 0.3 is 0 Å². The minimum absolute atomic E-state index is 0.0826. The third kappa shape index (κ3) is 7.41. The lowest BCUT2D eigenvalue weighted by molar-refractivity contribution is -0.117. The monoisotopic (exact) mass is 610 g/mol. The van der Waals surface area contributed by atoms with E-state index in [-0.39, 0.29) is 23.1 Å². The zero-order valence-electron chi connectivity index (χ0n) is 26.1. The van der Waals surface area contributed by atoms with Crippen LogP contribution in [0.1, 0.15) is 37.5 Å². The molecule has 2 heterocycles. The molecule has 44 heavy (non-hydrogen) atoms. The summed E-state index contributed by atoms with van der Waals surface area (Å²) in [4.78, 5) is 17.2. The number of rotatable bonds is 11. The predicted octanol–water partition coefficient (Wildman–Crippen LogP) is 8.16. The quantitative estimate of drug-likeness (QED) is 0.152. The summed E-state index contributed by atoms with van der Waals surface area (Å²) in [6.07, 6.45) is 2.53. The van der Waals surface area contributed by atoms with Gasteiger partial charge in [-0.15, -0.1) is 5.10 Å². The molecule has 0 aliphatic carbocycles. The first-order valence-electron chi connectivity index (χ1n) is 14.7. The Hall–Kier alpha value is -4.34. The van der Waals surface area contributed by atoms with Gasteiger partial charge < -0.3 is 14.5 Å². The first-order chi connectivity index (χ1) is 20.9. The number of ketones is 1. The van der Waals surface area contributed by atoms with Crippen LogP contribution < -0.4 is 10.1 Å². The van der Waals surface area contributed by atoms with Crippen LogP contribution in [0.25, 0.3) is 16.8 Å². The maximum atomic E-state index is 13.1. The van der Waals surface area contributed by atoms with E-state index in [2.05, 4.69) is 49.3 Å². The number of nitrogens with zero attached hydrogens (tertiary/aromatic N) is 3. The molecule has 228 valence electrons. The van der Waals surface area contributed by atoms with Gasteiger partial charge in [-0.25, -0.2) is 8.91 Å². The number of pyridine rings is 1. The largest absolute Gasteiger partial charge is 0.495 e. The average molecular weight is 611 g/mol. The number of fused-ring (bicyclic) bond motifs is 1. The van der Waals surface area contributed by atoms with Crippen LogP contribution in [0, 0.1) is 5.82 Å². The van der Waals surface area contributed by atoms with Crippen LogP contribution in [0.2, 0.25) is 18.1 Å². The van der Waals surface area contributed by atoms with Crippen molar-refractivity contribution in [3.8, 4) is 16.9 Å². The zero-order valence-corrected chi connectivity index (χ0v) is 27.1. The van der Waals surface area contributed by atoms with Gasteiger partial charge in [-0.2, -0.15) is 4.98 Å². The van der Waals surface area contributed by atoms with Crippen molar-refractivity contribution in [3.05, 3.63) is 108 Å². The summed E-state index contributed by atoms with van der Waals surface area (Å²) >= 11 is 0. The second kappa shape index (κ2) is 12.7. The van der Waals surface area contributed by atoms with E-state index in [4.69, 9.17) is 9.16 Å². The molecule has 5 rings (SSSR count). The van der Waals surface area contributed by atoms with Gasteiger partial charge in [0, 0.05) is 24.6 Å². The summed E-state index contributed by atoms with van der Waals surface area (Å²) in [5.41, 5.74) is 6.24. The number of Topliss-reactive ketones (excluding diaryl/α,β-unsaturated/α-hetero) is 1. The average Bonchev–Trinajstić information content (AvgIpc) is 3.39. The maximum absolute atomic E-state index is 13.1. The number of nitrogens with one attached hydrogen (secondary N) is 1. The lowest BCUT2D eigenvalue weighted by Gasteiger charge is -2.36. The van der Waals surface area contributed by atoms with E-state index in [9.17, 15) is 9.18 Å². The van der Waals surface area contributed by atoms with Crippen molar-refractivity contribution in [2.24, 2.45) is 0 Å². The minimum Gasteiger partial charge on any atom is -0.495 e. The highest BCUT2D eigenvalue weighted by molar-refractivity contribution is 6.74. The van der Waals surface area contributed by atoms with Gasteiger partial charge in [0.05, 0.1) is 19.4 Å². The molecule has 0 unspecified atom stereocenters. The van der Waals surface area contributed by atoms with E-state index in [1.54, 1.807) is 23.8 Å². The Kier molecular flexibility index (Phi) is 8.99. The molecular weight excluding hydrogens is 571 g/mol. The molecule has 0 aliphatic heterocycles. The Morgan fingerprint density at radius 3 is 2.14 bits per heavy atom. The van der Waals surface area contributed by atoms with Crippen molar-refractivity contribution in [3.63, 3.8) is 0 Å². The molecule has 3 aromatic carbocycles. The standard InChI is InChI=1S/C35H39FN4O3Si/c1-35(2,3)44(5,6)43-23-26-11-17-31(32(21-26)42-4)37-34-38-33-18-14-28(22-40(33)39-34)27-12-7-24(8-13-27)19-30(41)20-25-9-15-29(36)16-10-25/h7-18,21-22H,19-20,23H2,1-6H3,(H,37,39). The van der Waals surface area contributed by atoms with Gasteiger partial charge in [0.1, 0.15) is 17.3 Å². The van der Waals surface area contributed by atoms with Gasteiger partial charge in [0.2, 0.25) is 5.95 Å². The van der Waals surface area contributed by atoms with E-state index < -0.39 is 8.32 Å². The molecule has 0 aliphatic rings. The summed E-state index contributed by atoms with van der Waals surface area (Å²) in [5.74, 6) is 0.930. The third-order valence-electron chi connectivity index (χ3n) is 8.25. The Morgan fingerprint density at radius 2 is 1.50 bits per heavy atom. The zero-order chi connectivity index (χ0) is 31.5. The summed E-state index contributed by atoms with van der Waals surface area (Å²) in [7, 11) is -0.217. The molecule has 0 radical (unpaired) electrons. The number of hydrogen-bond acceptors (Lipinski definition) is 6. The van der Waals surface area contributed by atoms with Gasteiger partial charge in [-0.05, 0) is 76.8 Å². The number of carbonyl (C=O) groups excluding carboxylic acids is 1. The van der Waals surface area contributed by atoms with Crippen molar-refractivity contribution in [2.75, 3.05) is 12.4 Å². The summed E-state index contributed by atoms with van der Waals surface area (Å²) in [6, 6.07) is 23.9. The Morgan fingerprint density at radius 1 is 0.886 bits per heavy atom. The van der Waals surface area contributed by atoms with Crippen molar-refractivity contribution in [2.45, 2.75) is 58.4 Å². The molecule has 0 spiro atoms. The molecule has 0 bridgehead atoms. The van der Waals surface area contributed by atoms with Gasteiger partial charge in [-0.1, -0.05) is 63.2 Å². The molecule has 0 amide bonds. The van der Waals surface area contributed by atoms with E-state index in [0.29, 0.717) is 30.4 Å². The molecule has 0 saturated carbocycles. The Balaban J connectivity index is 1.24. The summed E-state index contributed by atoms with van der Waals surface area (Å²) in [5, 5.41) is 8.08. The van der Waals surface area contributed by atoms with E-state index in [1.165, 1.54) is 12.1 Å². The second-order valence-corrected chi connectivity index (χ2v) is 17.4. The van der Waals surface area contributed by atoms with Crippen LogP contribution in [-0.2, 0) is 28.7 Å². The second-order valence-electron chi connectivity index (χ2n) is 12.6. The van der Waals surface area contributed by atoms with Crippen LogP contribution in [0.4, 0.5) is 16.0 Å². The molecule has 2 aromatic heterocycles. The predicted molar refractivity (Wildman–Crippen MR) is 176 cm³/mol. The van der Waals surface area contributed by atoms with Gasteiger partial charge in [0.15, 0.2) is 14.0 Å². The fourth-order valence-electron chi connectivity index (χ4n) is 4.57. The molecule has 7 nitrogen and oxygen atoms in total. The Bertz CT molecular complexity index is 1760. The van der Waals surface area contributed by atoms with Crippen molar-refractivity contribution < 1.29 is 18.3 Å². The molecule has 0 atom stereocenters. The molecular formula is C35H39FN4O3Si. The van der Waals surface area contributed by atoms with Gasteiger partial charge in [0.25, 0.3) is 0 Å². The number of anilines is 2.